The Labute approximate surface area is 207 Å². The van der Waals surface area contributed by atoms with E-state index in [4.69, 9.17) is 13.9 Å². The molecule has 0 bridgehead atoms. The highest BCUT2D eigenvalue weighted by Crippen LogP contribution is 2.42. The summed E-state index contributed by atoms with van der Waals surface area (Å²) in [6, 6.07) is 11.7. The van der Waals surface area contributed by atoms with Crippen molar-refractivity contribution in [3.05, 3.63) is 71.5 Å². The topological polar surface area (TPSA) is 98.0 Å². The summed E-state index contributed by atoms with van der Waals surface area (Å²) in [6.45, 7) is -1.62. The Morgan fingerprint density at radius 2 is 1.68 bits per heavy atom. The first-order valence-corrected chi connectivity index (χ1v) is 10.7. The lowest BCUT2D eigenvalue weighted by Gasteiger charge is -2.15. The quantitative estimate of drug-likeness (QED) is 0.296. The number of fused-ring (bicyclic) bond motifs is 1. The maximum atomic E-state index is 13.5. The van der Waals surface area contributed by atoms with Gasteiger partial charge in [0, 0.05) is 29.6 Å². The number of carboxylic acid groups (broad SMARTS) is 1. The molecule has 0 radical (unpaired) electrons. The summed E-state index contributed by atoms with van der Waals surface area (Å²) in [7, 11) is 2.67. The molecule has 0 atom stereocenters. The zero-order chi connectivity index (χ0) is 26.9. The van der Waals surface area contributed by atoms with E-state index in [9.17, 15) is 32.3 Å². The zero-order valence-electron chi connectivity index (χ0n) is 19.4. The number of nitrogens with one attached hydrogen (secondary N) is 1. The minimum absolute atomic E-state index is 0.0332. The molecule has 37 heavy (non-hydrogen) atoms. The van der Waals surface area contributed by atoms with E-state index in [0.29, 0.717) is 5.56 Å². The molecule has 0 aliphatic carbocycles. The van der Waals surface area contributed by atoms with Crippen molar-refractivity contribution < 1.29 is 46.1 Å². The van der Waals surface area contributed by atoms with Crippen LogP contribution in [0.2, 0.25) is 0 Å². The number of methoxy groups -OCH3 is 1. The lowest BCUT2D eigenvalue weighted by atomic mass is 9.97. The van der Waals surface area contributed by atoms with Gasteiger partial charge in [0.25, 0.3) is 5.91 Å². The van der Waals surface area contributed by atoms with Gasteiger partial charge in [0.05, 0.1) is 12.7 Å². The highest BCUT2D eigenvalue weighted by Gasteiger charge is 2.30. The van der Waals surface area contributed by atoms with Crippen molar-refractivity contribution in [3.63, 3.8) is 0 Å². The van der Waals surface area contributed by atoms with Gasteiger partial charge in [-0.3, -0.25) is 4.79 Å². The van der Waals surface area contributed by atoms with Crippen molar-refractivity contribution in [3.8, 4) is 33.9 Å². The maximum Gasteiger partial charge on any atom is 0.422 e. The van der Waals surface area contributed by atoms with E-state index in [0.717, 1.165) is 0 Å². The largest absolute Gasteiger partial charge is 0.496 e. The molecule has 1 heterocycles. The number of hydrogen-bond donors (Lipinski definition) is 2. The van der Waals surface area contributed by atoms with E-state index in [1.807, 2.05) is 0 Å². The number of amides is 1. The van der Waals surface area contributed by atoms with Crippen LogP contribution in [0.25, 0.3) is 33.4 Å². The van der Waals surface area contributed by atoms with Gasteiger partial charge in [-0.25, -0.2) is 9.18 Å². The Morgan fingerprint density at radius 1 is 1.00 bits per heavy atom. The normalized spacial score (nSPS) is 11.4. The average Bonchev–Trinajstić information content (AvgIpc) is 3.24. The number of aromatic carboxylic acids is 1. The fourth-order valence-corrected chi connectivity index (χ4v) is 3.83. The minimum atomic E-state index is -4.66. The van der Waals surface area contributed by atoms with Gasteiger partial charge in [0.2, 0.25) is 0 Å². The average molecular weight is 517 g/mol. The van der Waals surface area contributed by atoms with Crippen molar-refractivity contribution >= 4 is 22.8 Å². The van der Waals surface area contributed by atoms with Crippen LogP contribution < -0.4 is 14.8 Å². The third kappa shape index (κ3) is 5.20. The maximum absolute atomic E-state index is 13.5. The Bertz CT molecular complexity index is 1490. The van der Waals surface area contributed by atoms with Gasteiger partial charge in [-0.1, -0.05) is 6.07 Å². The van der Waals surface area contributed by atoms with Crippen LogP contribution in [-0.4, -0.2) is 43.9 Å². The molecule has 4 rings (SSSR count). The summed E-state index contributed by atoms with van der Waals surface area (Å²) >= 11 is 0. The lowest BCUT2D eigenvalue weighted by Crippen LogP contribution is -2.19. The number of halogens is 4. The van der Waals surface area contributed by atoms with Crippen LogP contribution in [0.15, 0.2) is 59.0 Å². The summed E-state index contributed by atoms with van der Waals surface area (Å²) < 4.78 is 68.5. The Kier molecular flexibility index (Phi) is 6.80. The molecule has 4 aromatic rings. The predicted octanol–water partition coefficient (Wildman–Crippen LogP) is 5.91. The third-order valence-electron chi connectivity index (χ3n) is 5.48. The second-order valence-corrected chi connectivity index (χ2v) is 7.86. The molecule has 192 valence electrons. The number of hydrogen-bond acceptors (Lipinski definition) is 5. The molecular weight excluding hydrogens is 498 g/mol. The number of carboxylic acids is 1. The standard InChI is InChI=1S/C26H19F4NO6/c1-31-24(32)22-17-10-16(14-5-8-19(35-2)18(9-14)25(33)34)20(36-12-26(28,29)30)11-21(17)37-23(22)13-3-6-15(27)7-4-13/h3-11H,12H2,1-2H3,(H,31,32)(H,33,34). The molecule has 0 unspecified atom stereocenters. The van der Waals surface area contributed by atoms with Crippen molar-refractivity contribution in [1.29, 1.82) is 0 Å². The van der Waals surface area contributed by atoms with Gasteiger partial charge in [-0.05, 0) is 48.0 Å². The Morgan fingerprint density at radius 3 is 2.27 bits per heavy atom. The second kappa shape index (κ2) is 9.84. The number of carbonyl (C=O) groups is 2. The SMILES string of the molecule is CNC(=O)c1c(-c2ccc(F)cc2)oc2cc(OCC(F)(F)F)c(-c3ccc(OC)c(C(=O)O)c3)cc12. The molecule has 3 aromatic carbocycles. The number of furan rings is 1. The van der Waals surface area contributed by atoms with E-state index in [-0.39, 0.29) is 50.5 Å². The van der Waals surface area contributed by atoms with Crippen molar-refractivity contribution in [2.45, 2.75) is 6.18 Å². The fraction of sp³-hybridized carbons (Fsp3) is 0.154. The van der Waals surface area contributed by atoms with Crippen LogP contribution in [0, 0.1) is 5.82 Å². The third-order valence-corrected chi connectivity index (χ3v) is 5.48. The lowest BCUT2D eigenvalue weighted by molar-refractivity contribution is -0.153. The van der Waals surface area contributed by atoms with Crippen LogP contribution in [0.4, 0.5) is 17.6 Å². The molecule has 2 N–H and O–H groups in total. The van der Waals surface area contributed by atoms with Crippen LogP contribution >= 0.6 is 0 Å². The first kappa shape index (κ1) is 25.5. The van der Waals surface area contributed by atoms with Gasteiger partial charge in [-0.15, -0.1) is 0 Å². The Balaban J connectivity index is 2.00. The molecule has 0 aliphatic heterocycles. The van der Waals surface area contributed by atoms with Crippen LogP contribution in [0.1, 0.15) is 20.7 Å². The molecule has 0 fully saturated rings. The number of alkyl halides is 3. The van der Waals surface area contributed by atoms with Gasteiger partial charge in [0.15, 0.2) is 6.61 Å². The first-order chi connectivity index (χ1) is 17.5. The molecule has 0 saturated carbocycles. The van der Waals surface area contributed by atoms with E-state index in [1.165, 1.54) is 68.8 Å². The predicted molar refractivity (Wildman–Crippen MR) is 125 cm³/mol. The number of rotatable bonds is 7. The highest BCUT2D eigenvalue weighted by atomic mass is 19.4. The van der Waals surface area contributed by atoms with Gasteiger partial charge < -0.3 is 24.3 Å². The van der Waals surface area contributed by atoms with E-state index in [2.05, 4.69) is 5.32 Å². The molecule has 1 aromatic heterocycles. The Hall–Kier alpha value is -4.54. The summed E-state index contributed by atoms with van der Waals surface area (Å²) in [4.78, 5) is 24.6. The number of ether oxygens (including phenoxy) is 2. The smallest absolute Gasteiger partial charge is 0.422 e. The van der Waals surface area contributed by atoms with Crippen LogP contribution in [0.5, 0.6) is 11.5 Å². The molecule has 0 saturated heterocycles. The first-order valence-electron chi connectivity index (χ1n) is 10.7. The van der Waals surface area contributed by atoms with E-state index in [1.54, 1.807) is 0 Å². The molecule has 11 heteroatoms. The fourth-order valence-electron chi connectivity index (χ4n) is 3.83. The molecule has 0 spiro atoms. The molecular formula is C26H19F4NO6. The van der Waals surface area contributed by atoms with Gasteiger partial charge in [0.1, 0.15) is 34.2 Å². The summed E-state index contributed by atoms with van der Waals surface area (Å²) in [5.74, 6) is -2.54. The minimum Gasteiger partial charge on any atom is -0.496 e. The monoisotopic (exact) mass is 517 g/mol. The van der Waals surface area contributed by atoms with Crippen molar-refractivity contribution in [1.82, 2.24) is 5.32 Å². The molecule has 7 nitrogen and oxygen atoms in total. The van der Waals surface area contributed by atoms with Gasteiger partial charge >= 0.3 is 12.1 Å². The van der Waals surface area contributed by atoms with E-state index >= 15 is 0 Å². The van der Waals surface area contributed by atoms with Crippen LogP contribution in [-0.2, 0) is 0 Å². The molecule has 1 amide bonds. The molecule has 0 aliphatic rings. The van der Waals surface area contributed by atoms with Crippen molar-refractivity contribution in [2.75, 3.05) is 20.8 Å². The zero-order valence-corrected chi connectivity index (χ0v) is 19.4. The summed E-state index contributed by atoms with van der Waals surface area (Å²) in [6.07, 6.45) is -4.66. The summed E-state index contributed by atoms with van der Waals surface area (Å²) in [5, 5.41) is 12.3. The second-order valence-electron chi connectivity index (χ2n) is 7.86. The highest BCUT2D eigenvalue weighted by molar-refractivity contribution is 6.12. The number of benzene rings is 3. The van der Waals surface area contributed by atoms with Crippen molar-refractivity contribution in [2.24, 2.45) is 0 Å². The number of carbonyl (C=O) groups excluding carboxylic acids is 1. The van der Waals surface area contributed by atoms with E-state index < -0.39 is 30.5 Å². The van der Waals surface area contributed by atoms with Crippen LogP contribution in [0.3, 0.4) is 0 Å². The summed E-state index contributed by atoms with van der Waals surface area (Å²) in [5.41, 5.74) is 0.495. The van der Waals surface area contributed by atoms with Gasteiger partial charge in [-0.2, -0.15) is 13.2 Å².